The number of aromatic nitrogens is 1. The van der Waals surface area contributed by atoms with E-state index >= 15 is 0 Å². The molecule has 0 radical (unpaired) electrons. The van der Waals surface area contributed by atoms with Crippen LogP contribution in [0.5, 0.6) is 5.75 Å². The molecular weight excluding hydrogens is 282 g/mol. The summed E-state index contributed by atoms with van der Waals surface area (Å²) < 4.78 is 6.11. The second kappa shape index (κ2) is 5.05. The molecule has 4 nitrogen and oxygen atoms in total. The quantitative estimate of drug-likeness (QED) is 0.912. The summed E-state index contributed by atoms with van der Waals surface area (Å²) in [6.07, 6.45) is 1.69. The number of hydrogen-bond donors (Lipinski definition) is 2. The number of nitrogens with zero attached hydrogens (tertiary/aromatic N) is 1. The third kappa shape index (κ3) is 2.88. The van der Waals surface area contributed by atoms with E-state index in [1.54, 1.807) is 25.4 Å². The van der Waals surface area contributed by atoms with E-state index in [-0.39, 0.29) is 0 Å². The molecule has 2 rings (SSSR count). The Labute approximate surface area is 108 Å². The van der Waals surface area contributed by atoms with Gasteiger partial charge in [0.25, 0.3) is 0 Å². The molecule has 5 heteroatoms. The summed E-state index contributed by atoms with van der Waals surface area (Å²) in [4.78, 5) is 4.17. The number of rotatable bonds is 3. The number of ether oxygens (including phenoxy) is 1. The number of nitrogen functional groups attached to an aromatic ring is 1. The number of nitrogens with two attached hydrogens (primary N) is 1. The Bertz CT molecular complexity index is 531. The van der Waals surface area contributed by atoms with Gasteiger partial charge in [0.2, 0.25) is 0 Å². The molecule has 2 aromatic rings. The standard InChI is InChI=1S/C12H12BrN3O/c1-17-10-6-8(13)5-9(7-10)16-12-11(14)3-2-4-15-12/h2-7H,14H2,1H3,(H,15,16). The minimum Gasteiger partial charge on any atom is -0.497 e. The van der Waals surface area contributed by atoms with Gasteiger partial charge in [0.15, 0.2) is 5.82 Å². The van der Waals surface area contributed by atoms with Crippen molar-refractivity contribution in [2.75, 3.05) is 18.2 Å². The average Bonchev–Trinajstić information content (AvgIpc) is 2.31. The van der Waals surface area contributed by atoms with Gasteiger partial charge in [-0.1, -0.05) is 15.9 Å². The second-order valence-electron chi connectivity index (χ2n) is 3.45. The maximum atomic E-state index is 5.81. The van der Waals surface area contributed by atoms with Crippen molar-refractivity contribution in [1.29, 1.82) is 0 Å². The number of anilines is 3. The van der Waals surface area contributed by atoms with Crippen LogP contribution >= 0.6 is 15.9 Å². The van der Waals surface area contributed by atoms with Crippen LogP contribution in [-0.4, -0.2) is 12.1 Å². The minimum atomic E-state index is 0.603. The molecular formula is C12H12BrN3O. The summed E-state index contributed by atoms with van der Waals surface area (Å²) >= 11 is 3.41. The predicted molar refractivity (Wildman–Crippen MR) is 72.6 cm³/mol. The summed E-state index contributed by atoms with van der Waals surface area (Å²) in [5.41, 5.74) is 7.27. The average molecular weight is 294 g/mol. The van der Waals surface area contributed by atoms with Gasteiger partial charge in [-0.05, 0) is 24.3 Å². The molecule has 0 unspecified atom stereocenters. The molecule has 0 atom stereocenters. The molecule has 0 saturated carbocycles. The highest BCUT2D eigenvalue weighted by atomic mass is 79.9. The highest BCUT2D eigenvalue weighted by Crippen LogP contribution is 2.27. The molecule has 1 aromatic heterocycles. The zero-order valence-corrected chi connectivity index (χ0v) is 10.9. The lowest BCUT2D eigenvalue weighted by Crippen LogP contribution is -1.98. The molecule has 17 heavy (non-hydrogen) atoms. The van der Waals surface area contributed by atoms with E-state index in [2.05, 4.69) is 26.2 Å². The molecule has 0 bridgehead atoms. The monoisotopic (exact) mass is 293 g/mol. The third-order valence-electron chi connectivity index (χ3n) is 2.21. The number of pyridine rings is 1. The van der Waals surface area contributed by atoms with Gasteiger partial charge in [-0.2, -0.15) is 0 Å². The van der Waals surface area contributed by atoms with E-state index in [1.807, 2.05) is 18.2 Å². The van der Waals surface area contributed by atoms with Crippen LogP contribution in [0.2, 0.25) is 0 Å². The predicted octanol–water partition coefficient (Wildman–Crippen LogP) is 3.18. The number of benzene rings is 1. The highest BCUT2D eigenvalue weighted by molar-refractivity contribution is 9.10. The fraction of sp³-hybridized carbons (Fsp3) is 0.0833. The SMILES string of the molecule is COc1cc(Br)cc(Nc2ncccc2N)c1. The molecule has 0 fully saturated rings. The molecule has 0 spiro atoms. The molecule has 88 valence electrons. The van der Waals surface area contributed by atoms with Crippen LogP contribution in [0.4, 0.5) is 17.2 Å². The Morgan fingerprint density at radius 2 is 2.18 bits per heavy atom. The zero-order valence-electron chi connectivity index (χ0n) is 9.27. The van der Waals surface area contributed by atoms with Gasteiger partial charge in [0.1, 0.15) is 5.75 Å². The van der Waals surface area contributed by atoms with Crippen molar-refractivity contribution in [2.24, 2.45) is 0 Å². The fourth-order valence-corrected chi connectivity index (χ4v) is 1.88. The molecule has 0 aliphatic rings. The Morgan fingerprint density at radius 1 is 1.35 bits per heavy atom. The Kier molecular flexibility index (Phi) is 3.49. The Morgan fingerprint density at radius 3 is 2.88 bits per heavy atom. The van der Waals surface area contributed by atoms with Crippen molar-refractivity contribution in [1.82, 2.24) is 4.98 Å². The van der Waals surface area contributed by atoms with Gasteiger partial charge in [0, 0.05) is 22.4 Å². The van der Waals surface area contributed by atoms with Crippen molar-refractivity contribution < 1.29 is 4.74 Å². The Balaban J connectivity index is 2.30. The van der Waals surface area contributed by atoms with E-state index in [0.29, 0.717) is 11.5 Å². The summed E-state index contributed by atoms with van der Waals surface area (Å²) in [5.74, 6) is 1.39. The summed E-state index contributed by atoms with van der Waals surface area (Å²) in [7, 11) is 1.63. The number of halogens is 1. The normalized spacial score (nSPS) is 10.0. The van der Waals surface area contributed by atoms with Crippen LogP contribution in [0, 0.1) is 0 Å². The molecule has 1 heterocycles. The van der Waals surface area contributed by atoms with E-state index in [9.17, 15) is 0 Å². The molecule has 0 aliphatic heterocycles. The van der Waals surface area contributed by atoms with Gasteiger partial charge >= 0.3 is 0 Å². The lowest BCUT2D eigenvalue weighted by Gasteiger charge is -2.09. The molecule has 0 amide bonds. The first kappa shape index (κ1) is 11.7. The molecule has 3 N–H and O–H groups in total. The van der Waals surface area contributed by atoms with Gasteiger partial charge in [0.05, 0.1) is 12.8 Å². The number of nitrogens with one attached hydrogen (secondary N) is 1. The topological polar surface area (TPSA) is 60.2 Å². The maximum Gasteiger partial charge on any atom is 0.153 e. The van der Waals surface area contributed by atoms with Crippen LogP contribution in [-0.2, 0) is 0 Å². The minimum absolute atomic E-state index is 0.603. The van der Waals surface area contributed by atoms with Crippen molar-refractivity contribution in [2.45, 2.75) is 0 Å². The fourth-order valence-electron chi connectivity index (χ4n) is 1.41. The van der Waals surface area contributed by atoms with Gasteiger partial charge in [-0.15, -0.1) is 0 Å². The second-order valence-corrected chi connectivity index (χ2v) is 4.36. The first-order valence-electron chi connectivity index (χ1n) is 5.01. The van der Waals surface area contributed by atoms with E-state index in [1.165, 1.54) is 0 Å². The smallest absolute Gasteiger partial charge is 0.153 e. The summed E-state index contributed by atoms with van der Waals surface area (Å²) in [6.45, 7) is 0. The van der Waals surface area contributed by atoms with Gasteiger partial charge < -0.3 is 15.8 Å². The van der Waals surface area contributed by atoms with Crippen LogP contribution in [0.1, 0.15) is 0 Å². The maximum absolute atomic E-state index is 5.81. The number of methoxy groups -OCH3 is 1. The zero-order chi connectivity index (χ0) is 12.3. The first-order chi connectivity index (χ1) is 8.19. The van der Waals surface area contributed by atoms with Crippen LogP contribution in [0.15, 0.2) is 41.0 Å². The van der Waals surface area contributed by atoms with Crippen LogP contribution < -0.4 is 15.8 Å². The van der Waals surface area contributed by atoms with Crippen molar-refractivity contribution in [3.05, 3.63) is 41.0 Å². The largest absolute Gasteiger partial charge is 0.497 e. The van der Waals surface area contributed by atoms with E-state index < -0.39 is 0 Å². The third-order valence-corrected chi connectivity index (χ3v) is 2.67. The summed E-state index contributed by atoms with van der Waals surface area (Å²) in [6, 6.07) is 9.27. The van der Waals surface area contributed by atoms with Crippen molar-refractivity contribution in [3.8, 4) is 5.75 Å². The number of hydrogen-bond acceptors (Lipinski definition) is 4. The molecule has 1 aromatic carbocycles. The van der Waals surface area contributed by atoms with Crippen molar-refractivity contribution >= 4 is 33.1 Å². The molecule has 0 saturated heterocycles. The van der Waals surface area contributed by atoms with Crippen molar-refractivity contribution in [3.63, 3.8) is 0 Å². The summed E-state index contributed by atoms with van der Waals surface area (Å²) in [5, 5.41) is 3.14. The first-order valence-corrected chi connectivity index (χ1v) is 5.80. The van der Waals surface area contributed by atoms with Gasteiger partial charge in [-0.25, -0.2) is 4.98 Å². The van der Waals surface area contributed by atoms with E-state index in [0.717, 1.165) is 15.9 Å². The highest BCUT2D eigenvalue weighted by Gasteiger charge is 2.03. The molecule has 0 aliphatic carbocycles. The van der Waals surface area contributed by atoms with Gasteiger partial charge in [-0.3, -0.25) is 0 Å². The van der Waals surface area contributed by atoms with Crippen LogP contribution in [0.3, 0.4) is 0 Å². The van der Waals surface area contributed by atoms with E-state index in [4.69, 9.17) is 10.5 Å². The lowest BCUT2D eigenvalue weighted by molar-refractivity contribution is 0.415. The van der Waals surface area contributed by atoms with Crippen LogP contribution in [0.25, 0.3) is 0 Å². The Hall–Kier alpha value is -1.75. The lowest BCUT2D eigenvalue weighted by atomic mass is 10.3.